The Morgan fingerprint density at radius 3 is 2.16 bits per heavy atom. The predicted molar refractivity (Wildman–Crippen MR) is 123 cm³/mol. The Bertz CT molecular complexity index is 1220. The molecule has 0 unspecified atom stereocenters. The second kappa shape index (κ2) is 9.22. The van der Waals surface area contributed by atoms with E-state index in [0.717, 1.165) is 27.7 Å². The minimum absolute atomic E-state index is 0.157. The van der Waals surface area contributed by atoms with E-state index >= 15 is 0 Å². The molecular formula is C26H23N3O2. The number of para-hydroxylation sites is 1. The summed E-state index contributed by atoms with van der Waals surface area (Å²) in [4.78, 5) is 29.9. The van der Waals surface area contributed by atoms with Gasteiger partial charge in [-0.2, -0.15) is 0 Å². The van der Waals surface area contributed by atoms with Crippen molar-refractivity contribution >= 4 is 22.7 Å². The van der Waals surface area contributed by atoms with Gasteiger partial charge in [-0.25, -0.2) is 4.98 Å². The molecule has 31 heavy (non-hydrogen) atoms. The van der Waals surface area contributed by atoms with Gasteiger partial charge in [0.2, 0.25) is 0 Å². The lowest BCUT2D eigenvalue weighted by atomic mass is 10.0. The number of benzene rings is 3. The highest BCUT2D eigenvalue weighted by molar-refractivity contribution is 6.07. The Balaban J connectivity index is 1.46. The lowest BCUT2D eigenvalue weighted by Gasteiger charge is -2.11. The minimum atomic E-state index is -0.194. The summed E-state index contributed by atoms with van der Waals surface area (Å²) in [6, 6.07) is 26.6. The first kappa shape index (κ1) is 20.3. The van der Waals surface area contributed by atoms with E-state index in [1.807, 2.05) is 79.7 Å². The van der Waals surface area contributed by atoms with Crippen molar-refractivity contribution in [2.24, 2.45) is 0 Å². The van der Waals surface area contributed by atoms with E-state index in [4.69, 9.17) is 4.98 Å². The Morgan fingerprint density at radius 2 is 1.42 bits per heavy atom. The highest BCUT2D eigenvalue weighted by atomic mass is 16.2. The molecule has 0 radical (unpaired) electrons. The Morgan fingerprint density at radius 1 is 0.774 bits per heavy atom. The van der Waals surface area contributed by atoms with Crippen molar-refractivity contribution in [1.29, 1.82) is 0 Å². The molecular weight excluding hydrogens is 386 g/mol. The summed E-state index contributed by atoms with van der Waals surface area (Å²) in [5.41, 5.74) is 4.73. The highest BCUT2D eigenvalue weighted by Gasteiger charge is 2.14. The van der Waals surface area contributed by atoms with Crippen molar-refractivity contribution in [2.45, 2.75) is 6.92 Å². The molecule has 0 saturated heterocycles. The average Bonchev–Trinajstić information content (AvgIpc) is 2.82. The number of carbonyl (C=O) groups excluding carboxylic acids is 2. The summed E-state index contributed by atoms with van der Waals surface area (Å²) < 4.78 is 0. The molecule has 2 N–H and O–H groups in total. The molecule has 3 aromatic carbocycles. The van der Waals surface area contributed by atoms with Crippen molar-refractivity contribution in [3.8, 4) is 11.3 Å². The van der Waals surface area contributed by atoms with Gasteiger partial charge in [-0.3, -0.25) is 9.59 Å². The van der Waals surface area contributed by atoms with Crippen molar-refractivity contribution in [3.05, 3.63) is 102 Å². The van der Waals surface area contributed by atoms with Crippen molar-refractivity contribution in [3.63, 3.8) is 0 Å². The first-order valence-corrected chi connectivity index (χ1v) is 10.2. The summed E-state index contributed by atoms with van der Waals surface area (Å²) in [5, 5.41) is 6.53. The lowest BCUT2D eigenvalue weighted by molar-refractivity contribution is 0.0928. The van der Waals surface area contributed by atoms with Gasteiger partial charge in [-0.05, 0) is 31.2 Å². The topological polar surface area (TPSA) is 71.1 Å². The number of nitrogens with zero attached hydrogens (tertiary/aromatic N) is 1. The van der Waals surface area contributed by atoms with Crippen molar-refractivity contribution in [2.75, 3.05) is 13.1 Å². The van der Waals surface area contributed by atoms with Gasteiger partial charge in [0.15, 0.2) is 0 Å². The fraction of sp³-hybridized carbons (Fsp3) is 0.115. The fourth-order valence-corrected chi connectivity index (χ4v) is 3.37. The van der Waals surface area contributed by atoms with Crippen LogP contribution in [-0.2, 0) is 0 Å². The Hall–Kier alpha value is -3.99. The van der Waals surface area contributed by atoms with Crippen LogP contribution in [0.5, 0.6) is 0 Å². The molecule has 0 bridgehead atoms. The van der Waals surface area contributed by atoms with Gasteiger partial charge in [0.25, 0.3) is 11.8 Å². The summed E-state index contributed by atoms with van der Waals surface area (Å²) in [5.74, 6) is -0.352. The zero-order chi connectivity index (χ0) is 21.6. The van der Waals surface area contributed by atoms with Crippen LogP contribution in [0.1, 0.15) is 26.3 Å². The average molecular weight is 409 g/mol. The molecule has 0 spiro atoms. The van der Waals surface area contributed by atoms with Gasteiger partial charge in [0.1, 0.15) is 0 Å². The predicted octanol–water partition coefficient (Wildman–Crippen LogP) is 4.37. The third-order valence-corrected chi connectivity index (χ3v) is 5.04. The Kier molecular flexibility index (Phi) is 6.03. The van der Waals surface area contributed by atoms with Gasteiger partial charge >= 0.3 is 0 Å². The number of pyridine rings is 1. The van der Waals surface area contributed by atoms with Crippen LogP contribution in [0.4, 0.5) is 0 Å². The molecule has 154 valence electrons. The van der Waals surface area contributed by atoms with Crippen LogP contribution in [0.3, 0.4) is 0 Å². The quantitative estimate of drug-likeness (QED) is 0.465. The first-order valence-electron chi connectivity index (χ1n) is 10.2. The van der Waals surface area contributed by atoms with Crippen LogP contribution >= 0.6 is 0 Å². The molecule has 1 heterocycles. The summed E-state index contributed by atoms with van der Waals surface area (Å²) >= 11 is 0. The number of hydrogen-bond acceptors (Lipinski definition) is 3. The fourth-order valence-electron chi connectivity index (χ4n) is 3.37. The van der Waals surface area contributed by atoms with Gasteiger partial charge in [0.05, 0.1) is 16.8 Å². The smallest absolute Gasteiger partial charge is 0.252 e. The molecule has 5 heteroatoms. The second-order valence-electron chi connectivity index (χ2n) is 7.32. The van der Waals surface area contributed by atoms with Gasteiger partial charge in [-0.15, -0.1) is 0 Å². The third-order valence-electron chi connectivity index (χ3n) is 5.04. The lowest BCUT2D eigenvalue weighted by Crippen LogP contribution is -2.34. The van der Waals surface area contributed by atoms with E-state index in [2.05, 4.69) is 10.6 Å². The molecule has 0 aliphatic heterocycles. The standard InChI is InChI=1S/C26H23N3O2/c1-18-11-13-20(14-12-18)25(30)27-15-16-28-26(31)22-17-24(19-7-3-2-4-8-19)29-23-10-6-5-9-21(22)23/h2-14,17H,15-16H2,1H3,(H,27,30)(H,28,31). The van der Waals surface area contributed by atoms with E-state index in [1.54, 1.807) is 12.1 Å². The summed E-state index contributed by atoms with van der Waals surface area (Å²) in [7, 11) is 0. The minimum Gasteiger partial charge on any atom is -0.350 e. The molecule has 0 saturated carbocycles. The van der Waals surface area contributed by atoms with E-state index in [1.165, 1.54) is 0 Å². The zero-order valence-electron chi connectivity index (χ0n) is 17.3. The summed E-state index contributed by atoms with van der Waals surface area (Å²) in [6.07, 6.45) is 0. The molecule has 1 aromatic heterocycles. The monoisotopic (exact) mass is 409 g/mol. The summed E-state index contributed by atoms with van der Waals surface area (Å²) in [6.45, 7) is 2.64. The van der Waals surface area contributed by atoms with Gasteiger partial charge < -0.3 is 10.6 Å². The zero-order valence-corrected chi connectivity index (χ0v) is 17.3. The van der Waals surface area contributed by atoms with E-state index in [-0.39, 0.29) is 11.8 Å². The number of nitrogens with one attached hydrogen (secondary N) is 2. The van der Waals surface area contributed by atoms with Crippen molar-refractivity contribution < 1.29 is 9.59 Å². The maximum absolute atomic E-state index is 12.9. The molecule has 0 atom stereocenters. The number of fused-ring (bicyclic) bond motifs is 1. The SMILES string of the molecule is Cc1ccc(C(=O)NCCNC(=O)c2cc(-c3ccccc3)nc3ccccc23)cc1. The van der Waals surface area contributed by atoms with E-state index in [9.17, 15) is 9.59 Å². The van der Waals surface area contributed by atoms with Crippen LogP contribution in [-0.4, -0.2) is 29.9 Å². The number of hydrogen-bond donors (Lipinski definition) is 2. The van der Waals surface area contributed by atoms with Crippen LogP contribution in [0.15, 0.2) is 84.9 Å². The van der Waals surface area contributed by atoms with Gasteiger partial charge in [-0.1, -0.05) is 66.2 Å². The number of carbonyl (C=O) groups is 2. The van der Waals surface area contributed by atoms with E-state index < -0.39 is 0 Å². The van der Waals surface area contributed by atoms with Crippen molar-refractivity contribution in [1.82, 2.24) is 15.6 Å². The van der Waals surface area contributed by atoms with E-state index in [0.29, 0.717) is 24.2 Å². The van der Waals surface area contributed by atoms with Crippen LogP contribution in [0.25, 0.3) is 22.2 Å². The third kappa shape index (κ3) is 4.78. The maximum Gasteiger partial charge on any atom is 0.252 e. The number of rotatable bonds is 6. The molecule has 2 amide bonds. The van der Waals surface area contributed by atoms with Gasteiger partial charge in [0, 0.05) is 29.6 Å². The molecule has 0 fully saturated rings. The highest BCUT2D eigenvalue weighted by Crippen LogP contribution is 2.24. The molecule has 4 rings (SSSR count). The van der Waals surface area contributed by atoms with Crippen LogP contribution in [0.2, 0.25) is 0 Å². The normalized spacial score (nSPS) is 10.6. The maximum atomic E-state index is 12.9. The van der Waals surface area contributed by atoms with Crippen LogP contribution in [0, 0.1) is 6.92 Å². The molecule has 4 aromatic rings. The molecule has 5 nitrogen and oxygen atoms in total. The molecule has 0 aliphatic rings. The number of aromatic nitrogens is 1. The van der Waals surface area contributed by atoms with Crippen LogP contribution < -0.4 is 10.6 Å². The Labute approximate surface area is 181 Å². The number of aryl methyl sites for hydroxylation is 1. The second-order valence-corrected chi connectivity index (χ2v) is 7.32. The first-order chi connectivity index (χ1) is 15.1. The molecule has 0 aliphatic carbocycles. The largest absolute Gasteiger partial charge is 0.350 e. The number of amides is 2.